The van der Waals surface area contributed by atoms with Crippen LogP contribution >= 0.6 is 0 Å². The maximum atomic E-state index is 12.9. The van der Waals surface area contributed by atoms with Crippen LogP contribution in [0.4, 0.5) is 0 Å². The van der Waals surface area contributed by atoms with Crippen molar-refractivity contribution >= 4 is 5.91 Å². The number of hydrogen-bond acceptors (Lipinski definition) is 7. The maximum Gasteiger partial charge on any atom is 0.276 e. The van der Waals surface area contributed by atoms with E-state index in [2.05, 4.69) is 20.5 Å². The first-order valence-electron chi connectivity index (χ1n) is 10.0. The van der Waals surface area contributed by atoms with Gasteiger partial charge in [-0.1, -0.05) is 5.16 Å². The number of rotatable bonds is 4. The third-order valence-corrected chi connectivity index (χ3v) is 5.53. The molecule has 29 heavy (non-hydrogen) atoms. The van der Waals surface area contributed by atoms with E-state index < -0.39 is 0 Å². The highest BCUT2D eigenvalue weighted by molar-refractivity contribution is 5.94. The summed E-state index contributed by atoms with van der Waals surface area (Å²) >= 11 is 0. The summed E-state index contributed by atoms with van der Waals surface area (Å²) in [6.45, 7) is 1.26. The highest BCUT2D eigenvalue weighted by atomic mass is 16.5. The van der Waals surface area contributed by atoms with Gasteiger partial charge >= 0.3 is 0 Å². The van der Waals surface area contributed by atoms with Crippen molar-refractivity contribution in [1.82, 2.24) is 30.0 Å². The second-order valence-electron chi connectivity index (χ2n) is 7.43. The summed E-state index contributed by atoms with van der Waals surface area (Å²) in [6.07, 6.45) is 8.95. The van der Waals surface area contributed by atoms with E-state index in [-0.39, 0.29) is 12.0 Å². The highest BCUT2D eigenvalue weighted by Gasteiger charge is 2.30. The van der Waals surface area contributed by atoms with Crippen molar-refractivity contribution in [3.05, 3.63) is 47.6 Å². The van der Waals surface area contributed by atoms with E-state index in [0.717, 1.165) is 49.8 Å². The number of likely N-dealkylation sites (tertiary alicyclic amines) is 1. The third kappa shape index (κ3) is 3.59. The first-order valence-corrected chi connectivity index (χ1v) is 10.0. The molecule has 4 heterocycles. The molecule has 1 amide bonds. The second kappa shape index (κ2) is 7.65. The number of aromatic nitrogens is 5. The molecule has 3 aromatic rings. The van der Waals surface area contributed by atoms with Crippen LogP contribution in [0.15, 0.2) is 35.1 Å². The third-order valence-electron chi connectivity index (χ3n) is 5.53. The molecule has 0 spiro atoms. The Bertz CT molecular complexity index is 974. The van der Waals surface area contributed by atoms with E-state index in [1.54, 1.807) is 16.9 Å². The van der Waals surface area contributed by atoms with Crippen LogP contribution in [-0.4, -0.2) is 55.1 Å². The highest BCUT2D eigenvalue weighted by Crippen LogP contribution is 2.26. The first kappa shape index (κ1) is 17.8. The lowest BCUT2D eigenvalue weighted by Gasteiger charge is -2.31. The molecule has 2 aliphatic rings. The van der Waals surface area contributed by atoms with E-state index in [1.807, 2.05) is 23.2 Å². The van der Waals surface area contributed by atoms with Gasteiger partial charge in [0.25, 0.3) is 5.91 Å². The van der Waals surface area contributed by atoms with Crippen molar-refractivity contribution in [3.63, 3.8) is 0 Å². The van der Waals surface area contributed by atoms with Gasteiger partial charge in [-0.2, -0.15) is 5.10 Å². The zero-order valence-corrected chi connectivity index (χ0v) is 16.0. The molecule has 9 nitrogen and oxygen atoms in total. The molecule has 3 aromatic heterocycles. The zero-order chi connectivity index (χ0) is 19.6. The topological polar surface area (TPSA) is 99.2 Å². The van der Waals surface area contributed by atoms with Crippen LogP contribution in [0.5, 0.6) is 5.88 Å². The number of fused-ring (bicyclic) bond motifs is 1. The van der Waals surface area contributed by atoms with Crippen LogP contribution in [0.2, 0.25) is 0 Å². The summed E-state index contributed by atoms with van der Waals surface area (Å²) in [5, 5.41) is 16.5. The molecule has 0 N–H and O–H groups in total. The molecule has 1 aliphatic heterocycles. The molecular formula is C20H22N6O3. The Kier molecular flexibility index (Phi) is 4.71. The minimum atomic E-state index is -0.0290. The molecule has 1 fully saturated rings. The van der Waals surface area contributed by atoms with E-state index in [9.17, 15) is 4.79 Å². The molecular weight excluding hydrogens is 372 g/mol. The summed E-state index contributed by atoms with van der Waals surface area (Å²) in [7, 11) is 0. The van der Waals surface area contributed by atoms with E-state index in [0.29, 0.717) is 30.5 Å². The van der Waals surface area contributed by atoms with Crippen LogP contribution in [0.25, 0.3) is 5.82 Å². The molecule has 0 unspecified atom stereocenters. The Morgan fingerprint density at radius 1 is 1.14 bits per heavy atom. The second-order valence-corrected chi connectivity index (χ2v) is 7.43. The van der Waals surface area contributed by atoms with Crippen LogP contribution in [0.3, 0.4) is 0 Å². The predicted molar refractivity (Wildman–Crippen MR) is 102 cm³/mol. The SMILES string of the molecule is O=C(c1noc2c1CCCC2)N1CCC(Oc2ccc(-n3cccn3)nn2)CC1. The van der Waals surface area contributed by atoms with Gasteiger partial charge in [0.05, 0.1) is 0 Å². The van der Waals surface area contributed by atoms with Crippen molar-refractivity contribution in [3.8, 4) is 11.7 Å². The molecule has 150 valence electrons. The summed E-state index contributed by atoms with van der Waals surface area (Å²) < 4.78 is 13.0. The number of hydrogen-bond donors (Lipinski definition) is 0. The van der Waals surface area contributed by atoms with Gasteiger partial charge in [-0.15, -0.1) is 10.2 Å². The lowest BCUT2D eigenvalue weighted by molar-refractivity contribution is 0.0576. The molecule has 0 aromatic carbocycles. The number of amides is 1. The quantitative estimate of drug-likeness (QED) is 0.669. The van der Waals surface area contributed by atoms with Gasteiger partial charge < -0.3 is 14.2 Å². The lowest BCUT2D eigenvalue weighted by Crippen LogP contribution is -2.42. The summed E-state index contributed by atoms with van der Waals surface area (Å²) in [4.78, 5) is 14.7. The number of carbonyl (C=O) groups is 1. The Morgan fingerprint density at radius 2 is 2.00 bits per heavy atom. The summed E-state index contributed by atoms with van der Waals surface area (Å²) in [5.74, 6) is 1.98. The smallest absolute Gasteiger partial charge is 0.276 e. The fourth-order valence-corrected chi connectivity index (χ4v) is 3.95. The number of piperidine rings is 1. The Labute approximate surface area is 167 Å². The number of nitrogens with zero attached hydrogens (tertiary/aromatic N) is 6. The Hall–Kier alpha value is -3.23. The number of carbonyl (C=O) groups excluding carboxylic acids is 1. The molecule has 9 heteroatoms. The monoisotopic (exact) mass is 394 g/mol. The van der Waals surface area contributed by atoms with Crippen LogP contribution in [0, 0.1) is 0 Å². The van der Waals surface area contributed by atoms with Crippen molar-refractivity contribution in [2.45, 2.75) is 44.6 Å². The normalized spacial score (nSPS) is 17.2. The van der Waals surface area contributed by atoms with Crippen molar-refractivity contribution in [2.75, 3.05) is 13.1 Å². The largest absolute Gasteiger partial charge is 0.473 e. The lowest BCUT2D eigenvalue weighted by atomic mass is 9.96. The van der Waals surface area contributed by atoms with E-state index in [1.165, 1.54) is 0 Å². The average Bonchev–Trinajstić information content (AvgIpc) is 3.45. The maximum absolute atomic E-state index is 12.9. The van der Waals surface area contributed by atoms with Crippen molar-refractivity contribution < 1.29 is 14.1 Å². The molecule has 1 saturated heterocycles. The molecule has 0 radical (unpaired) electrons. The molecule has 0 saturated carbocycles. The Balaban J connectivity index is 1.17. The average molecular weight is 394 g/mol. The summed E-state index contributed by atoms with van der Waals surface area (Å²) in [6, 6.07) is 5.45. The van der Waals surface area contributed by atoms with Crippen LogP contribution < -0.4 is 4.74 Å². The molecule has 5 rings (SSSR count). The van der Waals surface area contributed by atoms with Crippen LogP contribution in [0.1, 0.15) is 47.5 Å². The van der Waals surface area contributed by atoms with E-state index >= 15 is 0 Å². The molecule has 0 bridgehead atoms. The van der Waals surface area contributed by atoms with Gasteiger partial charge in [-0.05, 0) is 31.4 Å². The minimum absolute atomic E-state index is 0.00938. The summed E-state index contributed by atoms with van der Waals surface area (Å²) in [5.41, 5.74) is 1.51. The molecule has 0 atom stereocenters. The number of aryl methyl sites for hydroxylation is 1. The fourth-order valence-electron chi connectivity index (χ4n) is 3.95. The van der Waals surface area contributed by atoms with E-state index in [4.69, 9.17) is 9.26 Å². The van der Waals surface area contributed by atoms with Gasteiger partial charge in [-0.3, -0.25) is 4.79 Å². The first-order chi connectivity index (χ1) is 14.3. The van der Waals surface area contributed by atoms with Gasteiger partial charge in [0.1, 0.15) is 11.9 Å². The fraction of sp³-hybridized carbons (Fsp3) is 0.450. The van der Waals surface area contributed by atoms with Crippen molar-refractivity contribution in [1.29, 1.82) is 0 Å². The van der Waals surface area contributed by atoms with Gasteiger partial charge in [0.15, 0.2) is 11.5 Å². The predicted octanol–water partition coefficient (Wildman–Crippen LogP) is 2.21. The van der Waals surface area contributed by atoms with Crippen molar-refractivity contribution in [2.24, 2.45) is 0 Å². The zero-order valence-electron chi connectivity index (χ0n) is 16.0. The van der Waals surface area contributed by atoms with Gasteiger partial charge in [0.2, 0.25) is 5.88 Å². The minimum Gasteiger partial charge on any atom is -0.473 e. The van der Waals surface area contributed by atoms with Gasteiger partial charge in [0, 0.05) is 56.4 Å². The van der Waals surface area contributed by atoms with Crippen LogP contribution in [-0.2, 0) is 12.8 Å². The molecule has 1 aliphatic carbocycles. The number of ether oxygens (including phenoxy) is 1. The Morgan fingerprint density at radius 3 is 2.76 bits per heavy atom. The standard InChI is InChI=1S/C20H22N6O3/c27-20(19-15-4-1-2-5-16(15)29-24-19)25-12-8-14(9-13-25)28-18-7-6-17(22-23-18)26-11-3-10-21-26/h3,6-7,10-11,14H,1-2,4-5,8-9,12-13H2. The van der Waals surface area contributed by atoms with Gasteiger partial charge in [-0.25, -0.2) is 4.68 Å².